The number of anilines is 1. The first-order chi connectivity index (χ1) is 24.6. The van der Waals surface area contributed by atoms with Crippen LogP contribution >= 0.6 is 0 Å². The Morgan fingerprint density at radius 1 is 0.941 bits per heavy atom. The van der Waals surface area contributed by atoms with Crippen molar-refractivity contribution in [2.24, 2.45) is 17.3 Å². The number of fused-ring (bicyclic) bond motifs is 3. The number of amides is 3. The molecule has 12 heteroatoms. The van der Waals surface area contributed by atoms with Crippen LogP contribution in [0.25, 0.3) is 22.3 Å². The van der Waals surface area contributed by atoms with Gasteiger partial charge in [-0.05, 0) is 61.9 Å². The zero-order valence-corrected chi connectivity index (χ0v) is 29.0. The first-order valence-corrected chi connectivity index (χ1v) is 18.3. The molecule has 0 spiro atoms. The fourth-order valence-corrected chi connectivity index (χ4v) is 8.60. The van der Waals surface area contributed by atoms with Gasteiger partial charge in [0, 0.05) is 110 Å². The van der Waals surface area contributed by atoms with E-state index in [1.54, 1.807) is 6.92 Å². The molecule has 10 nitrogen and oxygen atoms in total. The number of benzene rings is 2. The van der Waals surface area contributed by atoms with Crippen LogP contribution in [-0.2, 0) is 22.4 Å². The van der Waals surface area contributed by atoms with Crippen molar-refractivity contribution in [1.82, 2.24) is 30.3 Å². The number of carbonyl (C=O) groups is 3. The van der Waals surface area contributed by atoms with Gasteiger partial charge in [-0.2, -0.15) is 5.10 Å². The maximum Gasteiger partial charge on any atom is 0.258 e. The van der Waals surface area contributed by atoms with Crippen molar-refractivity contribution in [2.45, 2.75) is 57.8 Å². The maximum atomic E-state index is 14.4. The number of carbonyl (C=O) groups excluding carboxylic acids is 3. The van der Waals surface area contributed by atoms with Crippen LogP contribution < -0.4 is 10.2 Å². The number of aromatic nitrogens is 3. The highest BCUT2D eigenvalue weighted by molar-refractivity contribution is 5.99. The van der Waals surface area contributed by atoms with Crippen LogP contribution in [0.1, 0.15) is 60.6 Å². The number of alkyl halides is 2. The predicted octanol–water partition coefficient (Wildman–Crippen LogP) is 5.42. The smallest absolute Gasteiger partial charge is 0.258 e. The second kappa shape index (κ2) is 13.2. The number of rotatable bonds is 5. The minimum Gasteiger partial charge on any atom is -0.372 e. The van der Waals surface area contributed by atoms with E-state index in [1.165, 1.54) is 18.5 Å². The van der Waals surface area contributed by atoms with Gasteiger partial charge in [-0.1, -0.05) is 31.2 Å². The number of nitrogens with zero attached hydrogens (tertiary/aromatic N) is 4. The van der Waals surface area contributed by atoms with Crippen molar-refractivity contribution >= 4 is 34.3 Å². The Labute approximate surface area is 295 Å². The molecule has 2 unspecified atom stereocenters. The molecule has 51 heavy (non-hydrogen) atoms. The Morgan fingerprint density at radius 2 is 1.67 bits per heavy atom. The highest BCUT2D eigenvalue weighted by Crippen LogP contribution is 2.70. The van der Waals surface area contributed by atoms with Gasteiger partial charge in [0.1, 0.15) is 5.69 Å². The van der Waals surface area contributed by atoms with Crippen LogP contribution in [0, 0.1) is 17.3 Å². The summed E-state index contributed by atoms with van der Waals surface area (Å²) in [6, 6.07) is 18.5. The van der Waals surface area contributed by atoms with E-state index < -0.39 is 17.3 Å². The summed E-state index contributed by atoms with van der Waals surface area (Å²) < 4.78 is 28.8. The summed E-state index contributed by atoms with van der Waals surface area (Å²) in [4.78, 5) is 44.6. The summed E-state index contributed by atoms with van der Waals surface area (Å²) in [6.07, 6.45) is 4.80. The van der Waals surface area contributed by atoms with Gasteiger partial charge in [0.25, 0.3) is 11.8 Å². The summed E-state index contributed by atoms with van der Waals surface area (Å²) in [5.41, 5.74) is 5.11. The van der Waals surface area contributed by atoms with E-state index >= 15 is 0 Å². The van der Waals surface area contributed by atoms with Gasteiger partial charge in [-0.3, -0.25) is 29.7 Å². The topological polar surface area (TPSA) is 117 Å². The molecule has 9 rings (SSSR count). The Balaban J connectivity index is 0.000000415. The molecule has 2 aliphatic carbocycles. The van der Waals surface area contributed by atoms with Crippen molar-refractivity contribution in [3.05, 3.63) is 71.4 Å². The van der Waals surface area contributed by atoms with Crippen molar-refractivity contribution in [3.63, 3.8) is 0 Å². The lowest BCUT2D eigenvalue weighted by Crippen LogP contribution is -2.50. The number of aromatic amines is 2. The molecule has 4 fully saturated rings. The largest absolute Gasteiger partial charge is 0.372 e. The molecule has 3 N–H and O–H groups in total. The van der Waals surface area contributed by atoms with Crippen LogP contribution in [0.2, 0.25) is 0 Å². The highest BCUT2D eigenvalue weighted by Gasteiger charge is 2.78. The Hall–Kier alpha value is -4.58. The average Bonchev–Trinajstić information content (AvgIpc) is 3.52. The normalized spacial score (nSPS) is 24.7. The van der Waals surface area contributed by atoms with E-state index in [2.05, 4.69) is 60.6 Å². The molecule has 1 saturated carbocycles. The predicted molar refractivity (Wildman–Crippen MR) is 191 cm³/mol. The van der Waals surface area contributed by atoms with E-state index in [0.29, 0.717) is 49.3 Å². The molecule has 2 aromatic carbocycles. The zero-order valence-electron chi connectivity index (χ0n) is 29.0. The maximum absolute atomic E-state index is 14.4. The summed E-state index contributed by atoms with van der Waals surface area (Å²) in [7, 11) is 0. The van der Waals surface area contributed by atoms with Crippen LogP contribution in [0.4, 0.5) is 14.5 Å². The molecular formula is C39H45F2N7O3. The van der Waals surface area contributed by atoms with Crippen LogP contribution in [-0.4, -0.2) is 94.4 Å². The van der Waals surface area contributed by atoms with Gasteiger partial charge in [0.2, 0.25) is 11.8 Å². The number of hydrogen-bond donors (Lipinski definition) is 3. The number of halogens is 2. The fourth-order valence-electron chi connectivity index (χ4n) is 8.60. The van der Waals surface area contributed by atoms with Gasteiger partial charge in [-0.15, -0.1) is 0 Å². The van der Waals surface area contributed by atoms with Gasteiger partial charge in [0.15, 0.2) is 0 Å². The van der Waals surface area contributed by atoms with Crippen molar-refractivity contribution in [1.29, 1.82) is 0 Å². The zero-order chi connectivity index (χ0) is 35.3. The molecule has 3 aliphatic heterocycles. The van der Waals surface area contributed by atoms with E-state index in [4.69, 9.17) is 0 Å². The SMILES string of the molecule is CC12Cc3[nH]nc(-c4cc5ccc(C(=O)N6CCN(CC7CCN(c8ccccc8)CC7)CC6)cc5[nH]4)c3CC1C2(F)F.O=C1CCCC(=O)N1. The molecule has 0 radical (unpaired) electrons. The molecule has 3 amide bonds. The van der Waals surface area contributed by atoms with Crippen LogP contribution in [0.5, 0.6) is 0 Å². The summed E-state index contributed by atoms with van der Waals surface area (Å²) in [5, 5.41) is 10.7. The van der Waals surface area contributed by atoms with Gasteiger partial charge < -0.3 is 14.8 Å². The van der Waals surface area contributed by atoms with E-state index in [9.17, 15) is 23.2 Å². The molecule has 5 aliphatic rings. The fraction of sp³-hybridized carbons (Fsp3) is 0.487. The molecule has 4 aromatic rings. The molecule has 0 bridgehead atoms. The number of nitrogens with one attached hydrogen (secondary N) is 3. The molecule has 5 heterocycles. The monoisotopic (exact) mass is 697 g/mol. The number of hydrogen-bond acceptors (Lipinski definition) is 6. The summed E-state index contributed by atoms with van der Waals surface area (Å²) in [6.45, 7) is 8.28. The highest BCUT2D eigenvalue weighted by atomic mass is 19.3. The second-order valence-corrected chi connectivity index (χ2v) is 15.2. The van der Waals surface area contributed by atoms with Crippen LogP contribution in [0.15, 0.2) is 54.6 Å². The quantitative estimate of drug-likeness (QED) is 0.240. The molecule has 3 saturated heterocycles. The first kappa shape index (κ1) is 33.6. The van der Waals surface area contributed by atoms with Gasteiger partial charge in [0.05, 0.1) is 5.69 Å². The lowest BCUT2D eigenvalue weighted by atomic mass is 9.87. The lowest BCUT2D eigenvalue weighted by Gasteiger charge is -2.39. The van der Waals surface area contributed by atoms with Crippen molar-refractivity contribution in [2.75, 3.05) is 50.7 Å². The third-order valence-electron chi connectivity index (χ3n) is 11.9. The Kier molecular flexibility index (Phi) is 8.68. The molecular weight excluding hydrogens is 652 g/mol. The minimum absolute atomic E-state index is 0.0567. The third-order valence-corrected chi connectivity index (χ3v) is 11.9. The standard InChI is InChI=1S/C34H38F2N6O.C5H7NO2/c1-33-20-29-26(19-30(33)34(33,35)36)31(39-38-29)28-17-23-7-8-24(18-27(23)37-28)32(43)42-15-13-40(14-16-42)21-22-9-11-41(12-10-22)25-5-3-2-4-6-25;7-4-2-1-3-5(8)6-4/h2-8,17-18,22,30,37H,9-16,19-21H2,1H3,(H,38,39);1-3H2,(H,6,7,8). The summed E-state index contributed by atoms with van der Waals surface area (Å²) in [5.74, 6) is -2.75. The first-order valence-electron chi connectivity index (χ1n) is 18.3. The lowest BCUT2D eigenvalue weighted by molar-refractivity contribution is -0.132. The van der Waals surface area contributed by atoms with Crippen LogP contribution in [0.3, 0.4) is 0 Å². The third kappa shape index (κ3) is 6.43. The number of piperazine rings is 1. The number of H-pyrrole nitrogens is 2. The molecule has 2 aromatic heterocycles. The second-order valence-electron chi connectivity index (χ2n) is 15.2. The van der Waals surface area contributed by atoms with Crippen molar-refractivity contribution in [3.8, 4) is 11.4 Å². The minimum atomic E-state index is -2.62. The number of piperidine rings is 2. The Bertz CT molecular complexity index is 1930. The Morgan fingerprint density at radius 3 is 2.35 bits per heavy atom. The average molecular weight is 698 g/mol. The number of imide groups is 1. The number of para-hydroxylation sites is 1. The van der Waals surface area contributed by atoms with Gasteiger partial charge >= 0.3 is 0 Å². The molecule has 268 valence electrons. The van der Waals surface area contributed by atoms with E-state index in [-0.39, 0.29) is 17.7 Å². The van der Waals surface area contributed by atoms with Crippen molar-refractivity contribution < 1.29 is 23.2 Å². The molecule has 2 atom stereocenters. The van der Waals surface area contributed by atoms with E-state index in [1.807, 2.05) is 29.2 Å². The summed E-state index contributed by atoms with van der Waals surface area (Å²) >= 11 is 0. The van der Waals surface area contributed by atoms with E-state index in [0.717, 1.165) is 73.7 Å². The van der Waals surface area contributed by atoms with Gasteiger partial charge in [-0.25, -0.2) is 8.78 Å².